The zero-order chi connectivity index (χ0) is 12.0. The molecule has 0 radical (unpaired) electrons. The summed E-state index contributed by atoms with van der Waals surface area (Å²) in [5.74, 6) is 0.0914. The molecule has 0 aromatic carbocycles. The van der Waals surface area contributed by atoms with Crippen LogP contribution in [0, 0.1) is 5.41 Å². The van der Waals surface area contributed by atoms with Crippen molar-refractivity contribution in [2.24, 2.45) is 5.41 Å². The van der Waals surface area contributed by atoms with Crippen molar-refractivity contribution in [3.63, 3.8) is 0 Å². The standard InChI is InChI=1S/C12H22N2O2/c1-4-5-10(2)14-11(15)12(9-16-3)6-7-13-8-12/h4,10,13H,1,5-9H2,2-3H3,(H,14,15). The van der Waals surface area contributed by atoms with Gasteiger partial charge in [0.25, 0.3) is 0 Å². The van der Waals surface area contributed by atoms with E-state index < -0.39 is 0 Å². The van der Waals surface area contributed by atoms with E-state index in [1.807, 2.05) is 13.0 Å². The Labute approximate surface area is 97.4 Å². The summed E-state index contributed by atoms with van der Waals surface area (Å²) in [6.45, 7) is 7.72. The van der Waals surface area contributed by atoms with Gasteiger partial charge in [-0.05, 0) is 26.3 Å². The Balaban J connectivity index is 2.57. The van der Waals surface area contributed by atoms with E-state index >= 15 is 0 Å². The number of ether oxygens (including phenoxy) is 1. The molecule has 0 aliphatic carbocycles. The highest BCUT2D eigenvalue weighted by Gasteiger charge is 2.41. The lowest BCUT2D eigenvalue weighted by Gasteiger charge is -2.27. The SMILES string of the molecule is C=CCC(C)NC(=O)C1(COC)CCNC1. The van der Waals surface area contributed by atoms with Crippen molar-refractivity contribution in [2.45, 2.75) is 25.8 Å². The maximum atomic E-state index is 12.2. The molecule has 1 saturated heterocycles. The fraction of sp³-hybridized carbons (Fsp3) is 0.750. The summed E-state index contributed by atoms with van der Waals surface area (Å²) in [4.78, 5) is 12.2. The maximum absolute atomic E-state index is 12.2. The molecule has 4 heteroatoms. The van der Waals surface area contributed by atoms with Gasteiger partial charge in [-0.1, -0.05) is 6.08 Å². The predicted molar refractivity (Wildman–Crippen MR) is 64.2 cm³/mol. The summed E-state index contributed by atoms with van der Waals surface area (Å²) in [5.41, 5.74) is -0.385. The number of nitrogens with one attached hydrogen (secondary N) is 2. The van der Waals surface area contributed by atoms with Gasteiger partial charge in [0.15, 0.2) is 0 Å². The highest BCUT2D eigenvalue weighted by atomic mass is 16.5. The molecule has 1 aliphatic heterocycles. The third kappa shape index (κ3) is 3.06. The summed E-state index contributed by atoms with van der Waals surface area (Å²) < 4.78 is 5.17. The zero-order valence-corrected chi connectivity index (χ0v) is 10.2. The molecule has 16 heavy (non-hydrogen) atoms. The topological polar surface area (TPSA) is 50.4 Å². The minimum Gasteiger partial charge on any atom is -0.384 e. The van der Waals surface area contributed by atoms with Crippen LogP contribution in [0.1, 0.15) is 19.8 Å². The van der Waals surface area contributed by atoms with Crippen LogP contribution in [0.2, 0.25) is 0 Å². The maximum Gasteiger partial charge on any atom is 0.230 e. The second-order valence-corrected chi connectivity index (χ2v) is 4.54. The second kappa shape index (κ2) is 6.01. The number of methoxy groups -OCH3 is 1. The largest absolute Gasteiger partial charge is 0.384 e. The van der Waals surface area contributed by atoms with E-state index in [1.54, 1.807) is 7.11 Å². The Morgan fingerprint density at radius 2 is 2.50 bits per heavy atom. The van der Waals surface area contributed by atoms with E-state index in [1.165, 1.54) is 0 Å². The molecule has 1 fully saturated rings. The first-order valence-electron chi connectivity index (χ1n) is 5.76. The number of hydrogen-bond acceptors (Lipinski definition) is 3. The normalized spacial score (nSPS) is 26.4. The van der Waals surface area contributed by atoms with Crippen molar-refractivity contribution in [1.82, 2.24) is 10.6 Å². The van der Waals surface area contributed by atoms with E-state index in [2.05, 4.69) is 17.2 Å². The van der Waals surface area contributed by atoms with Crippen LogP contribution in [0.4, 0.5) is 0 Å². The Hall–Kier alpha value is -0.870. The van der Waals surface area contributed by atoms with Gasteiger partial charge in [0, 0.05) is 19.7 Å². The molecule has 2 atom stereocenters. The molecular formula is C12H22N2O2. The van der Waals surface area contributed by atoms with Gasteiger partial charge in [-0.2, -0.15) is 0 Å². The molecule has 0 aromatic heterocycles. The van der Waals surface area contributed by atoms with Gasteiger partial charge in [0.05, 0.1) is 12.0 Å². The van der Waals surface area contributed by atoms with Gasteiger partial charge in [0.2, 0.25) is 5.91 Å². The average molecular weight is 226 g/mol. The summed E-state index contributed by atoms with van der Waals surface area (Å²) in [6, 6.07) is 0.138. The molecule has 1 aliphatic rings. The van der Waals surface area contributed by atoms with Crippen LogP contribution >= 0.6 is 0 Å². The van der Waals surface area contributed by atoms with Crippen molar-refractivity contribution in [2.75, 3.05) is 26.8 Å². The van der Waals surface area contributed by atoms with Crippen molar-refractivity contribution in [1.29, 1.82) is 0 Å². The Kier molecular flexibility index (Phi) is 4.96. The quantitative estimate of drug-likeness (QED) is 0.655. The lowest BCUT2D eigenvalue weighted by atomic mass is 9.86. The monoisotopic (exact) mass is 226 g/mol. The average Bonchev–Trinajstić information content (AvgIpc) is 2.68. The summed E-state index contributed by atoms with van der Waals surface area (Å²) >= 11 is 0. The second-order valence-electron chi connectivity index (χ2n) is 4.54. The number of hydrogen-bond donors (Lipinski definition) is 2. The lowest BCUT2D eigenvalue weighted by Crippen LogP contribution is -2.48. The van der Waals surface area contributed by atoms with Crippen molar-refractivity contribution >= 4 is 5.91 Å². The molecule has 0 aromatic rings. The first-order chi connectivity index (χ1) is 7.64. The molecule has 0 spiro atoms. The van der Waals surface area contributed by atoms with Gasteiger partial charge < -0.3 is 15.4 Å². The van der Waals surface area contributed by atoms with Gasteiger partial charge >= 0.3 is 0 Å². The van der Waals surface area contributed by atoms with Crippen molar-refractivity contribution in [3.8, 4) is 0 Å². The minimum atomic E-state index is -0.385. The van der Waals surface area contributed by atoms with Crippen LogP contribution < -0.4 is 10.6 Å². The fourth-order valence-corrected chi connectivity index (χ4v) is 2.09. The Morgan fingerprint density at radius 1 is 1.75 bits per heavy atom. The highest BCUT2D eigenvalue weighted by Crippen LogP contribution is 2.26. The van der Waals surface area contributed by atoms with Crippen LogP contribution in [0.3, 0.4) is 0 Å². The molecule has 1 amide bonds. The predicted octanol–water partition coefficient (Wildman–Crippen LogP) is 0.693. The third-order valence-electron chi connectivity index (χ3n) is 3.04. The molecular weight excluding hydrogens is 204 g/mol. The first kappa shape index (κ1) is 13.2. The zero-order valence-electron chi connectivity index (χ0n) is 10.2. The van der Waals surface area contributed by atoms with Gasteiger partial charge in [-0.3, -0.25) is 4.79 Å². The smallest absolute Gasteiger partial charge is 0.230 e. The molecule has 92 valence electrons. The lowest BCUT2D eigenvalue weighted by molar-refractivity contribution is -0.133. The van der Waals surface area contributed by atoms with E-state index in [9.17, 15) is 4.79 Å². The van der Waals surface area contributed by atoms with Crippen molar-refractivity contribution in [3.05, 3.63) is 12.7 Å². The molecule has 2 unspecified atom stereocenters. The molecule has 1 heterocycles. The third-order valence-corrected chi connectivity index (χ3v) is 3.04. The number of amides is 1. The number of carbonyl (C=O) groups is 1. The van der Waals surface area contributed by atoms with Crippen LogP contribution in [-0.4, -0.2) is 38.8 Å². The number of rotatable bonds is 6. The summed E-state index contributed by atoms with van der Waals surface area (Å²) in [5, 5.41) is 6.24. The summed E-state index contributed by atoms with van der Waals surface area (Å²) in [7, 11) is 1.64. The fourth-order valence-electron chi connectivity index (χ4n) is 2.09. The van der Waals surface area contributed by atoms with Crippen LogP contribution in [0.5, 0.6) is 0 Å². The van der Waals surface area contributed by atoms with Gasteiger partial charge in [-0.25, -0.2) is 0 Å². The van der Waals surface area contributed by atoms with Gasteiger partial charge in [-0.15, -0.1) is 6.58 Å². The molecule has 2 N–H and O–H groups in total. The van der Waals surface area contributed by atoms with E-state index in [0.717, 1.165) is 19.4 Å². The Morgan fingerprint density at radius 3 is 3.00 bits per heavy atom. The molecule has 1 rings (SSSR count). The van der Waals surface area contributed by atoms with E-state index in [4.69, 9.17) is 4.74 Å². The van der Waals surface area contributed by atoms with Crippen LogP contribution in [0.15, 0.2) is 12.7 Å². The molecule has 0 saturated carbocycles. The van der Waals surface area contributed by atoms with Crippen molar-refractivity contribution < 1.29 is 9.53 Å². The Bertz CT molecular complexity index is 247. The van der Waals surface area contributed by atoms with E-state index in [0.29, 0.717) is 13.2 Å². The molecule has 0 bridgehead atoms. The van der Waals surface area contributed by atoms with E-state index in [-0.39, 0.29) is 17.4 Å². The molecule has 4 nitrogen and oxygen atoms in total. The van der Waals surface area contributed by atoms with Gasteiger partial charge in [0.1, 0.15) is 0 Å². The number of carbonyl (C=O) groups excluding carboxylic acids is 1. The van der Waals surface area contributed by atoms with Crippen LogP contribution in [-0.2, 0) is 9.53 Å². The first-order valence-corrected chi connectivity index (χ1v) is 5.76. The van der Waals surface area contributed by atoms with Crippen LogP contribution in [0.25, 0.3) is 0 Å². The minimum absolute atomic E-state index is 0.0914. The highest BCUT2D eigenvalue weighted by molar-refractivity contribution is 5.83. The summed E-state index contributed by atoms with van der Waals surface area (Å²) in [6.07, 6.45) is 3.45.